The van der Waals surface area contributed by atoms with Crippen molar-refractivity contribution in [3.05, 3.63) is 34.9 Å². The number of benzene rings is 1. The molecule has 0 radical (unpaired) electrons. The van der Waals surface area contributed by atoms with Crippen LogP contribution in [0.5, 0.6) is 5.75 Å². The molecular weight excluding hydrogens is 266 g/mol. The molecule has 1 rings (SSSR count). The number of carbonyl (C=O) groups excluding carboxylic acids is 1. The van der Waals surface area contributed by atoms with Gasteiger partial charge in [0.1, 0.15) is 5.75 Å². The normalized spacial score (nSPS) is 12.4. The molecule has 0 saturated carbocycles. The van der Waals surface area contributed by atoms with Crippen LogP contribution in [0.15, 0.2) is 24.3 Å². The Hall–Kier alpha value is -1.52. The van der Waals surface area contributed by atoms with Crippen molar-refractivity contribution in [2.75, 3.05) is 13.7 Å². The predicted molar refractivity (Wildman–Crippen MR) is 76.3 cm³/mol. The maximum atomic E-state index is 11.6. The van der Waals surface area contributed by atoms with Crippen LogP contribution in [0.4, 0.5) is 0 Å². The molecule has 5 heteroatoms. The number of aliphatic hydroxyl groups is 1. The van der Waals surface area contributed by atoms with Crippen LogP contribution in [-0.4, -0.2) is 30.8 Å². The lowest BCUT2D eigenvalue weighted by molar-refractivity contribution is -0.117. The van der Waals surface area contributed by atoms with Gasteiger partial charge in [-0.15, -0.1) is 0 Å². The second kappa shape index (κ2) is 7.81. The number of amides is 1. The van der Waals surface area contributed by atoms with Crippen molar-refractivity contribution in [2.24, 2.45) is 0 Å². The lowest BCUT2D eigenvalue weighted by Gasteiger charge is -2.10. The molecule has 0 bridgehead atoms. The zero-order valence-electron chi connectivity index (χ0n) is 11.0. The molecule has 19 heavy (non-hydrogen) atoms. The summed E-state index contributed by atoms with van der Waals surface area (Å²) in [6.07, 6.45) is 3.59. The molecule has 0 aliphatic carbocycles. The van der Waals surface area contributed by atoms with Gasteiger partial charge in [0.15, 0.2) is 0 Å². The highest BCUT2D eigenvalue weighted by atomic mass is 35.5. The van der Waals surface area contributed by atoms with E-state index in [2.05, 4.69) is 5.32 Å². The van der Waals surface area contributed by atoms with Crippen molar-refractivity contribution in [3.8, 4) is 5.75 Å². The molecule has 1 unspecified atom stereocenters. The molecule has 0 fully saturated rings. The zero-order chi connectivity index (χ0) is 14.3. The first-order valence-corrected chi connectivity index (χ1v) is 6.37. The van der Waals surface area contributed by atoms with Crippen LogP contribution >= 0.6 is 11.6 Å². The van der Waals surface area contributed by atoms with Crippen LogP contribution in [-0.2, 0) is 4.79 Å². The van der Waals surface area contributed by atoms with Crippen LogP contribution < -0.4 is 10.1 Å². The van der Waals surface area contributed by atoms with E-state index >= 15 is 0 Å². The number of rotatable bonds is 6. The van der Waals surface area contributed by atoms with Crippen molar-refractivity contribution >= 4 is 23.6 Å². The van der Waals surface area contributed by atoms with E-state index < -0.39 is 0 Å². The summed E-state index contributed by atoms with van der Waals surface area (Å²) >= 11 is 5.90. The number of nitrogens with one attached hydrogen (secondary N) is 1. The van der Waals surface area contributed by atoms with Crippen LogP contribution in [0.2, 0.25) is 5.02 Å². The lowest BCUT2D eigenvalue weighted by Crippen LogP contribution is -2.31. The summed E-state index contributed by atoms with van der Waals surface area (Å²) in [6.45, 7) is 1.88. The van der Waals surface area contributed by atoms with Crippen molar-refractivity contribution in [1.82, 2.24) is 5.32 Å². The molecule has 0 spiro atoms. The summed E-state index contributed by atoms with van der Waals surface area (Å²) < 4.78 is 5.18. The number of methoxy groups -OCH3 is 1. The molecule has 0 aliphatic heterocycles. The van der Waals surface area contributed by atoms with Crippen LogP contribution in [0.1, 0.15) is 18.9 Å². The van der Waals surface area contributed by atoms with Crippen molar-refractivity contribution < 1.29 is 14.6 Å². The molecule has 2 N–H and O–H groups in total. The topological polar surface area (TPSA) is 58.6 Å². The van der Waals surface area contributed by atoms with Gasteiger partial charge in [0, 0.05) is 29.3 Å². The van der Waals surface area contributed by atoms with Gasteiger partial charge in [-0.2, -0.15) is 0 Å². The Labute approximate surface area is 118 Å². The van der Waals surface area contributed by atoms with E-state index in [-0.39, 0.29) is 18.6 Å². The zero-order valence-corrected chi connectivity index (χ0v) is 11.8. The Morgan fingerprint density at radius 1 is 1.58 bits per heavy atom. The summed E-state index contributed by atoms with van der Waals surface area (Å²) in [5.74, 6) is 0.430. The van der Waals surface area contributed by atoms with Crippen molar-refractivity contribution in [3.63, 3.8) is 0 Å². The number of carbonyl (C=O) groups is 1. The maximum Gasteiger partial charge on any atom is 0.244 e. The highest BCUT2D eigenvalue weighted by molar-refractivity contribution is 6.30. The van der Waals surface area contributed by atoms with E-state index in [1.807, 2.05) is 6.92 Å². The highest BCUT2D eigenvalue weighted by Crippen LogP contribution is 2.23. The summed E-state index contributed by atoms with van der Waals surface area (Å²) in [4.78, 5) is 11.6. The second-order valence-electron chi connectivity index (χ2n) is 4.14. The Morgan fingerprint density at radius 3 is 2.95 bits per heavy atom. The minimum atomic E-state index is -0.219. The fourth-order valence-corrected chi connectivity index (χ4v) is 1.74. The Bertz CT molecular complexity index is 460. The van der Waals surface area contributed by atoms with Crippen molar-refractivity contribution in [1.29, 1.82) is 0 Å². The molecule has 0 heterocycles. The molecule has 0 aliphatic rings. The van der Waals surface area contributed by atoms with E-state index in [0.717, 1.165) is 5.56 Å². The SMILES string of the molecule is COc1ccc(Cl)cc1/C=C/C(=O)NC(C)CCO. The van der Waals surface area contributed by atoms with Crippen LogP contribution in [0, 0.1) is 0 Å². The minimum absolute atomic E-state index is 0.0489. The van der Waals surface area contributed by atoms with E-state index in [4.69, 9.17) is 21.4 Å². The first kappa shape index (κ1) is 15.5. The molecule has 1 aromatic rings. The number of hydrogen-bond acceptors (Lipinski definition) is 3. The van der Waals surface area contributed by atoms with Gasteiger partial charge in [-0.05, 0) is 37.6 Å². The average Bonchev–Trinajstić information content (AvgIpc) is 2.36. The third-order valence-electron chi connectivity index (χ3n) is 2.56. The number of aliphatic hydroxyl groups excluding tert-OH is 1. The Kier molecular flexibility index (Phi) is 6.39. The quantitative estimate of drug-likeness (QED) is 0.787. The Balaban J connectivity index is 2.70. The maximum absolute atomic E-state index is 11.6. The van der Waals surface area contributed by atoms with Gasteiger partial charge >= 0.3 is 0 Å². The van der Waals surface area contributed by atoms with Gasteiger partial charge in [-0.25, -0.2) is 0 Å². The van der Waals surface area contributed by atoms with E-state index in [1.54, 1.807) is 31.4 Å². The van der Waals surface area contributed by atoms with Gasteiger partial charge in [0.05, 0.1) is 7.11 Å². The third-order valence-corrected chi connectivity index (χ3v) is 2.79. The average molecular weight is 284 g/mol. The summed E-state index contributed by atoms with van der Waals surface area (Å²) in [6, 6.07) is 5.12. The largest absolute Gasteiger partial charge is 0.496 e. The highest BCUT2D eigenvalue weighted by Gasteiger charge is 2.05. The third kappa shape index (κ3) is 5.32. The Morgan fingerprint density at radius 2 is 2.32 bits per heavy atom. The number of hydrogen-bond donors (Lipinski definition) is 2. The minimum Gasteiger partial charge on any atom is -0.496 e. The van der Waals surface area contributed by atoms with Gasteiger partial charge in [0.25, 0.3) is 0 Å². The van der Waals surface area contributed by atoms with E-state index in [9.17, 15) is 4.79 Å². The van der Waals surface area contributed by atoms with Crippen molar-refractivity contribution in [2.45, 2.75) is 19.4 Å². The smallest absolute Gasteiger partial charge is 0.244 e. The summed E-state index contributed by atoms with van der Waals surface area (Å²) in [5.41, 5.74) is 0.736. The molecule has 4 nitrogen and oxygen atoms in total. The lowest BCUT2D eigenvalue weighted by atomic mass is 10.2. The first-order valence-electron chi connectivity index (χ1n) is 5.99. The number of ether oxygens (including phenoxy) is 1. The van der Waals surface area contributed by atoms with Gasteiger partial charge in [-0.3, -0.25) is 4.79 Å². The van der Waals surface area contributed by atoms with Crippen LogP contribution in [0.3, 0.4) is 0 Å². The first-order chi connectivity index (χ1) is 9.06. The molecule has 0 aromatic heterocycles. The second-order valence-corrected chi connectivity index (χ2v) is 4.58. The van der Waals surface area contributed by atoms with Gasteiger partial charge in [-0.1, -0.05) is 11.6 Å². The van der Waals surface area contributed by atoms with Gasteiger partial charge < -0.3 is 15.2 Å². The molecular formula is C14H18ClNO3. The molecule has 1 atom stereocenters. The standard InChI is InChI=1S/C14H18ClNO3/c1-10(7-8-17)16-14(18)6-3-11-9-12(15)4-5-13(11)19-2/h3-6,9-10,17H,7-8H2,1-2H3,(H,16,18)/b6-3+. The predicted octanol–water partition coefficient (Wildman–Crippen LogP) is 2.25. The van der Waals surface area contributed by atoms with Crippen LogP contribution in [0.25, 0.3) is 6.08 Å². The summed E-state index contributed by atoms with van der Waals surface area (Å²) in [5, 5.41) is 12.1. The molecule has 0 saturated heterocycles. The fraction of sp³-hybridized carbons (Fsp3) is 0.357. The molecule has 104 valence electrons. The fourth-order valence-electron chi connectivity index (χ4n) is 1.56. The van der Waals surface area contributed by atoms with E-state index in [0.29, 0.717) is 17.2 Å². The number of halogens is 1. The summed E-state index contributed by atoms with van der Waals surface area (Å²) in [7, 11) is 1.56. The van der Waals surface area contributed by atoms with E-state index in [1.165, 1.54) is 6.08 Å². The monoisotopic (exact) mass is 283 g/mol. The van der Waals surface area contributed by atoms with Gasteiger partial charge in [0.2, 0.25) is 5.91 Å². The molecule has 1 aromatic carbocycles. The molecule has 1 amide bonds.